The van der Waals surface area contributed by atoms with Crippen LogP contribution in [0, 0.1) is 0 Å². The van der Waals surface area contributed by atoms with Gasteiger partial charge in [-0.05, 0) is 13.0 Å². The molecule has 0 radical (unpaired) electrons. The van der Waals surface area contributed by atoms with Gasteiger partial charge in [0.1, 0.15) is 6.04 Å². The van der Waals surface area contributed by atoms with E-state index in [9.17, 15) is 9.18 Å². The molecule has 0 aliphatic carbocycles. The van der Waals surface area contributed by atoms with Gasteiger partial charge in [0.2, 0.25) is 0 Å². The molecule has 0 aliphatic heterocycles. The van der Waals surface area contributed by atoms with Crippen molar-refractivity contribution in [3.63, 3.8) is 0 Å². The van der Waals surface area contributed by atoms with Crippen LogP contribution in [0.2, 0.25) is 0 Å². The molecule has 1 atom stereocenters. The fourth-order valence-corrected chi connectivity index (χ4v) is 0.670. The van der Waals surface area contributed by atoms with E-state index in [0.717, 1.165) is 12.8 Å². The third-order valence-electron chi connectivity index (χ3n) is 1.38. The van der Waals surface area contributed by atoms with E-state index in [1.54, 1.807) is 0 Å². The van der Waals surface area contributed by atoms with Crippen molar-refractivity contribution in [3.8, 4) is 0 Å². The Morgan fingerprint density at radius 2 is 2.36 bits per heavy atom. The fraction of sp³-hybridized carbons (Fsp3) is 0.857. The van der Waals surface area contributed by atoms with Gasteiger partial charge in [-0.3, -0.25) is 4.79 Å². The Labute approximate surface area is 65.6 Å². The first-order chi connectivity index (χ1) is 5.22. The van der Waals surface area contributed by atoms with Gasteiger partial charge in [0, 0.05) is 0 Å². The number of hydrogen-bond acceptors (Lipinski definition) is 3. The molecular weight excluding hydrogens is 149 g/mol. The molecule has 0 saturated carbocycles. The molecule has 0 bridgehead atoms. The number of nitrogens with one attached hydrogen (secondary N) is 1. The highest BCUT2D eigenvalue weighted by atomic mass is 19.1. The summed E-state index contributed by atoms with van der Waals surface area (Å²) < 4.78 is 11.9. The number of rotatable bonds is 6. The topological polar surface area (TPSA) is 49.3 Å². The molecule has 0 heterocycles. The van der Waals surface area contributed by atoms with Crippen LogP contribution in [0.4, 0.5) is 4.39 Å². The highest BCUT2D eigenvalue weighted by molar-refractivity contribution is 5.74. The quantitative estimate of drug-likeness (QED) is 0.435. The third-order valence-corrected chi connectivity index (χ3v) is 1.38. The second kappa shape index (κ2) is 6.24. The average molecular weight is 163 g/mol. The SMILES string of the molecule is CCCCN[C@@H](CO)C(=O)F. The molecule has 0 aromatic heterocycles. The summed E-state index contributed by atoms with van der Waals surface area (Å²) in [6.45, 7) is 2.09. The molecular formula is C7H14FNO2. The Hall–Kier alpha value is -0.480. The van der Waals surface area contributed by atoms with E-state index in [1.807, 2.05) is 6.92 Å². The first-order valence-corrected chi connectivity index (χ1v) is 3.76. The number of carbonyl (C=O) groups excluding carboxylic acids is 1. The Morgan fingerprint density at radius 1 is 1.73 bits per heavy atom. The van der Waals surface area contributed by atoms with Crippen LogP contribution in [0.3, 0.4) is 0 Å². The molecule has 0 aliphatic rings. The second-order valence-electron chi connectivity index (χ2n) is 2.35. The summed E-state index contributed by atoms with van der Waals surface area (Å²) >= 11 is 0. The van der Waals surface area contributed by atoms with E-state index in [1.165, 1.54) is 0 Å². The summed E-state index contributed by atoms with van der Waals surface area (Å²) in [6, 6.07) is -2.52. The molecule has 0 unspecified atom stereocenters. The molecule has 3 nitrogen and oxygen atoms in total. The molecule has 66 valence electrons. The number of aliphatic hydroxyl groups is 1. The predicted molar refractivity (Wildman–Crippen MR) is 39.9 cm³/mol. The van der Waals surface area contributed by atoms with E-state index >= 15 is 0 Å². The summed E-state index contributed by atoms with van der Waals surface area (Å²) in [5.74, 6) is 0. The molecule has 0 aromatic rings. The molecule has 4 heteroatoms. The lowest BCUT2D eigenvalue weighted by molar-refractivity contribution is -0.132. The van der Waals surface area contributed by atoms with Crippen LogP contribution in [0.5, 0.6) is 0 Å². The lowest BCUT2D eigenvalue weighted by Crippen LogP contribution is -2.38. The minimum absolute atomic E-state index is 0.473. The zero-order chi connectivity index (χ0) is 8.69. The maximum absolute atomic E-state index is 11.9. The van der Waals surface area contributed by atoms with Gasteiger partial charge in [0.05, 0.1) is 6.61 Å². The number of aliphatic hydroxyl groups excluding tert-OH is 1. The van der Waals surface area contributed by atoms with Crippen LogP contribution in [0.25, 0.3) is 0 Å². The third kappa shape index (κ3) is 4.86. The van der Waals surface area contributed by atoms with Crippen molar-refractivity contribution in [1.82, 2.24) is 5.32 Å². The normalized spacial score (nSPS) is 13.0. The Balaban J connectivity index is 3.44. The maximum Gasteiger partial charge on any atom is 0.320 e. The van der Waals surface area contributed by atoms with Crippen LogP contribution in [-0.2, 0) is 4.79 Å². The average Bonchev–Trinajstić information content (AvgIpc) is 1.97. The van der Waals surface area contributed by atoms with E-state index in [0.29, 0.717) is 6.54 Å². The molecule has 0 aromatic carbocycles. The predicted octanol–water partition coefficient (Wildman–Crippen LogP) is 0.233. The maximum atomic E-state index is 11.9. The standard InChI is InChI=1S/C7H14FNO2/c1-2-3-4-9-6(5-10)7(8)11/h6,9-10H,2-5H2,1H3/t6-/m0/s1. The van der Waals surface area contributed by atoms with Crippen LogP contribution in [0.15, 0.2) is 0 Å². The van der Waals surface area contributed by atoms with Crippen molar-refractivity contribution in [1.29, 1.82) is 0 Å². The van der Waals surface area contributed by atoms with Gasteiger partial charge in [-0.25, -0.2) is 0 Å². The first kappa shape index (κ1) is 10.5. The molecule has 0 amide bonds. The summed E-state index contributed by atoms with van der Waals surface area (Å²) in [5, 5.41) is 11.1. The summed E-state index contributed by atoms with van der Waals surface area (Å²) in [4.78, 5) is 10.1. The van der Waals surface area contributed by atoms with Gasteiger partial charge in [-0.15, -0.1) is 0 Å². The minimum atomic E-state index is -1.50. The number of hydrogen-bond donors (Lipinski definition) is 2. The van der Waals surface area contributed by atoms with E-state index in [4.69, 9.17) is 5.11 Å². The number of halogens is 1. The van der Waals surface area contributed by atoms with Gasteiger partial charge < -0.3 is 10.4 Å². The fourth-order valence-electron chi connectivity index (χ4n) is 0.670. The van der Waals surface area contributed by atoms with Gasteiger partial charge in [0.25, 0.3) is 0 Å². The summed E-state index contributed by atoms with van der Waals surface area (Å²) in [5.41, 5.74) is 0. The highest BCUT2D eigenvalue weighted by Crippen LogP contribution is 1.89. The lowest BCUT2D eigenvalue weighted by atomic mass is 10.3. The Bertz CT molecular complexity index is 119. The van der Waals surface area contributed by atoms with Gasteiger partial charge >= 0.3 is 6.04 Å². The molecule has 0 spiro atoms. The van der Waals surface area contributed by atoms with Crippen molar-refractivity contribution >= 4 is 6.04 Å². The van der Waals surface area contributed by atoms with Gasteiger partial charge in [-0.1, -0.05) is 13.3 Å². The first-order valence-electron chi connectivity index (χ1n) is 3.76. The minimum Gasteiger partial charge on any atom is -0.394 e. The zero-order valence-corrected chi connectivity index (χ0v) is 6.64. The van der Waals surface area contributed by atoms with Crippen LogP contribution < -0.4 is 5.32 Å². The zero-order valence-electron chi connectivity index (χ0n) is 6.64. The van der Waals surface area contributed by atoms with Crippen molar-refractivity contribution in [2.45, 2.75) is 25.8 Å². The van der Waals surface area contributed by atoms with Gasteiger partial charge in [-0.2, -0.15) is 4.39 Å². The van der Waals surface area contributed by atoms with Crippen LogP contribution >= 0.6 is 0 Å². The van der Waals surface area contributed by atoms with Crippen LogP contribution in [0.1, 0.15) is 19.8 Å². The Morgan fingerprint density at radius 3 is 2.73 bits per heavy atom. The Kier molecular flexibility index (Phi) is 5.97. The van der Waals surface area contributed by atoms with E-state index in [-0.39, 0.29) is 0 Å². The molecule has 2 N–H and O–H groups in total. The van der Waals surface area contributed by atoms with E-state index < -0.39 is 18.7 Å². The number of unbranched alkanes of at least 4 members (excludes halogenated alkanes) is 1. The number of carbonyl (C=O) groups is 1. The van der Waals surface area contributed by atoms with Gasteiger partial charge in [0.15, 0.2) is 0 Å². The van der Waals surface area contributed by atoms with Crippen LogP contribution in [-0.4, -0.2) is 30.3 Å². The molecule has 0 fully saturated rings. The summed E-state index contributed by atoms with van der Waals surface area (Å²) in [7, 11) is 0. The van der Waals surface area contributed by atoms with Crippen molar-refractivity contribution in [2.24, 2.45) is 0 Å². The second-order valence-corrected chi connectivity index (χ2v) is 2.35. The smallest absolute Gasteiger partial charge is 0.320 e. The van der Waals surface area contributed by atoms with E-state index in [2.05, 4.69) is 5.32 Å². The van der Waals surface area contributed by atoms with Crippen molar-refractivity contribution in [2.75, 3.05) is 13.2 Å². The molecule has 0 rings (SSSR count). The van der Waals surface area contributed by atoms with Crippen molar-refractivity contribution < 1.29 is 14.3 Å². The van der Waals surface area contributed by atoms with Crippen molar-refractivity contribution in [3.05, 3.63) is 0 Å². The highest BCUT2D eigenvalue weighted by Gasteiger charge is 2.14. The molecule has 0 saturated heterocycles. The summed E-state index contributed by atoms with van der Waals surface area (Å²) in [6.07, 6.45) is 1.86. The largest absolute Gasteiger partial charge is 0.394 e. The molecule has 11 heavy (non-hydrogen) atoms. The monoisotopic (exact) mass is 163 g/mol. The lowest BCUT2D eigenvalue weighted by Gasteiger charge is -2.09.